The number of hydrogen-bond acceptors (Lipinski definition) is 3. The van der Waals surface area contributed by atoms with Crippen molar-refractivity contribution in [1.82, 2.24) is 0 Å². The van der Waals surface area contributed by atoms with Crippen molar-refractivity contribution in [1.29, 1.82) is 0 Å². The Morgan fingerprint density at radius 3 is 2.47 bits per heavy atom. The number of furan rings is 1. The quantitative estimate of drug-likeness (QED) is 0.479. The number of halogens is 1. The van der Waals surface area contributed by atoms with Crippen molar-refractivity contribution < 1.29 is 13.2 Å². The molecule has 0 unspecified atom stereocenters. The van der Waals surface area contributed by atoms with Crippen LogP contribution in [0.2, 0.25) is 0 Å². The molecule has 2 aromatic heterocycles. The van der Waals surface area contributed by atoms with E-state index in [-0.39, 0.29) is 22.0 Å². The Kier molecular flexibility index (Phi) is 1.87. The molecule has 4 aromatic rings. The molecule has 0 fully saturated rings. The molecular weight excluding hydrogens is 247 g/mol. The van der Waals surface area contributed by atoms with Gasteiger partial charge in [0.25, 0.3) is 0 Å². The molecule has 0 radical (unpaired) electrons. The minimum atomic E-state index is -0.463. The second-order valence-corrected chi connectivity index (χ2v) is 4.30. The standard InChI is InChI=1S/C15H7FO3/c16-9-5-3-7-11-12(9)14-15(19-11)13(17)8-4-1-2-6-10(8)18-14/h1-7H. The van der Waals surface area contributed by atoms with Crippen LogP contribution in [-0.4, -0.2) is 0 Å². The Bertz CT molecular complexity index is 995. The fourth-order valence-electron chi connectivity index (χ4n) is 2.30. The Balaban J connectivity index is 2.38. The van der Waals surface area contributed by atoms with Crippen molar-refractivity contribution in [2.45, 2.75) is 0 Å². The number of rotatable bonds is 0. The van der Waals surface area contributed by atoms with Crippen LogP contribution in [0.1, 0.15) is 0 Å². The summed E-state index contributed by atoms with van der Waals surface area (Å²) in [5, 5.41) is 0.634. The van der Waals surface area contributed by atoms with Gasteiger partial charge in [-0.2, -0.15) is 0 Å². The van der Waals surface area contributed by atoms with Crippen molar-refractivity contribution in [3.63, 3.8) is 0 Å². The van der Waals surface area contributed by atoms with Crippen LogP contribution in [0.15, 0.2) is 56.1 Å². The molecule has 0 aliphatic heterocycles. The Hall–Kier alpha value is -2.62. The van der Waals surface area contributed by atoms with Gasteiger partial charge in [0.15, 0.2) is 5.58 Å². The van der Waals surface area contributed by atoms with Crippen LogP contribution >= 0.6 is 0 Å². The van der Waals surface area contributed by atoms with Crippen LogP contribution in [0.5, 0.6) is 0 Å². The van der Waals surface area contributed by atoms with Crippen LogP contribution in [0.4, 0.5) is 4.39 Å². The van der Waals surface area contributed by atoms with Crippen LogP contribution in [0.3, 0.4) is 0 Å². The van der Waals surface area contributed by atoms with E-state index in [4.69, 9.17) is 8.83 Å². The first-order chi connectivity index (χ1) is 9.25. The third-order valence-electron chi connectivity index (χ3n) is 3.17. The highest BCUT2D eigenvalue weighted by Gasteiger charge is 2.17. The van der Waals surface area contributed by atoms with Gasteiger partial charge in [0.1, 0.15) is 17.0 Å². The van der Waals surface area contributed by atoms with Crippen molar-refractivity contribution in [2.75, 3.05) is 0 Å². The second kappa shape index (κ2) is 3.45. The maximum Gasteiger partial charge on any atom is 0.235 e. The summed E-state index contributed by atoms with van der Waals surface area (Å²) in [5.74, 6) is -0.463. The fourth-order valence-corrected chi connectivity index (χ4v) is 2.30. The lowest BCUT2D eigenvalue weighted by Gasteiger charge is -1.96. The van der Waals surface area contributed by atoms with Gasteiger partial charge in [0.05, 0.1) is 10.8 Å². The molecule has 0 N–H and O–H groups in total. The predicted octanol–water partition coefficient (Wildman–Crippen LogP) is 3.83. The molecule has 0 saturated heterocycles. The average Bonchev–Trinajstić information content (AvgIpc) is 2.79. The van der Waals surface area contributed by atoms with Crippen molar-refractivity contribution in [3.8, 4) is 0 Å². The minimum Gasteiger partial charge on any atom is -0.452 e. The van der Waals surface area contributed by atoms with E-state index in [2.05, 4.69) is 0 Å². The van der Waals surface area contributed by atoms with E-state index in [1.165, 1.54) is 12.1 Å². The summed E-state index contributed by atoms with van der Waals surface area (Å²) < 4.78 is 24.9. The molecule has 2 aromatic carbocycles. The molecule has 0 amide bonds. The topological polar surface area (TPSA) is 43.4 Å². The number of hydrogen-bond donors (Lipinski definition) is 0. The van der Waals surface area contributed by atoms with Crippen LogP contribution < -0.4 is 5.43 Å². The molecule has 92 valence electrons. The summed E-state index contributed by atoms with van der Waals surface area (Å²) in [6, 6.07) is 11.3. The van der Waals surface area contributed by atoms with Crippen LogP contribution in [-0.2, 0) is 0 Å². The molecular formula is C15H7FO3. The summed E-state index contributed by atoms with van der Waals surface area (Å²) in [4.78, 5) is 12.3. The maximum atomic E-state index is 13.9. The van der Waals surface area contributed by atoms with Gasteiger partial charge < -0.3 is 8.83 Å². The summed E-state index contributed by atoms with van der Waals surface area (Å²) in [5.41, 5.74) is 0.667. The zero-order valence-corrected chi connectivity index (χ0v) is 9.64. The zero-order chi connectivity index (χ0) is 13.0. The van der Waals surface area contributed by atoms with E-state index in [0.717, 1.165) is 0 Å². The lowest BCUT2D eigenvalue weighted by Crippen LogP contribution is -1.99. The zero-order valence-electron chi connectivity index (χ0n) is 9.64. The van der Waals surface area contributed by atoms with Gasteiger partial charge in [0.2, 0.25) is 11.0 Å². The van der Waals surface area contributed by atoms with E-state index >= 15 is 0 Å². The fraction of sp³-hybridized carbons (Fsp3) is 0. The minimum absolute atomic E-state index is 0.0544. The Labute approximate surface area is 105 Å². The van der Waals surface area contributed by atoms with Crippen molar-refractivity contribution in [2.24, 2.45) is 0 Å². The molecule has 0 aliphatic carbocycles. The molecule has 0 aliphatic rings. The summed E-state index contributed by atoms with van der Waals surface area (Å²) >= 11 is 0. The second-order valence-electron chi connectivity index (χ2n) is 4.30. The summed E-state index contributed by atoms with van der Waals surface area (Å²) in [6.07, 6.45) is 0. The molecule has 0 spiro atoms. The Morgan fingerprint density at radius 2 is 1.58 bits per heavy atom. The molecule has 3 nitrogen and oxygen atoms in total. The van der Waals surface area contributed by atoms with E-state index in [9.17, 15) is 9.18 Å². The van der Waals surface area contributed by atoms with Crippen LogP contribution in [0.25, 0.3) is 33.1 Å². The Morgan fingerprint density at radius 1 is 0.842 bits per heavy atom. The van der Waals surface area contributed by atoms with Gasteiger partial charge in [-0.05, 0) is 24.3 Å². The maximum absolute atomic E-state index is 13.9. The SMILES string of the molecule is O=c1c2ccccc2oc2c1oc1cccc(F)c12. The highest BCUT2D eigenvalue weighted by Crippen LogP contribution is 2.30. The molecule has 19 heavy (non-hydrogen) atoms. The van der Waals surface area contributed by atoms with E-state index in [1.807, 2.05) is 0 Å². The lowest BCUT2D eigenvalue weighted by atomic mass is 10.2. The predicted molar refractivity (Wildman–Crippen MR) is 69.7 cm³/mol. The van der Waals surface area contributed by atoms with Crippen molar-refractivity contribution in [3.05, 3.63) is 58.5 Å². The van der Waals surface area contributed by atoms with Gasteiger partial charge in [-0.1, -0.05) is 18.2 Å². The van der Waals surface area contributed by atoms with E-state index in [1.54, 1.807) is 30.3 Å². The lowest BCUT2D eigenvalue weighted by molar-refractivity contribution is 0.630. The molecule has 2 heterocycles. The highest BCUT2D eigenvalue weighted by atomic mass is 19.1. The first-order valence-corrected chi connectivity index (χ1v) is 5.78. The van der Waals surface area contributed by atoms with E-state index in [0.29, 0.717) is 16.6 Å². The third kappa shape index (κ3) is 1.28. The number of para-hydroxylation sites is 1. The normalized spacial score (nSPS) is 11.6. The molecule has 4 heteroatoms. The first-order valence-electron chi connectivity index (χ1n) is 5.78. The summed E-state index contributed by atoms with van der Waals surface area (Å²) in [6.45, 7) is 0. The van der Waals surface area contributed by atoms with Gasteiger partial charge in [0, 0.05) is 0 Å². The van der Waals surface area contributed by atoms with Gasteiger partial charge >= 0.3 is 0 Å². The van der Waals surface area contributed by atoms with Gasteiger partial charge in [-0.25, -0.2) is 4.39 Å². The van der Waals surface area contributed by atoms with Crippen LogP contribution in [0, 0.1) is 5.82 Å². The first kappa shape index (κ1) is 10.3. The van der Waals surface area contributed by atoms with Crippen molar-refractivity contribution >= 4 is 33.1 Å². The largest absolute Gasteiger partial charge is 0.452 e. The molecule has 0 bridgehead atoms. The monoisotopic (exact) mass is 254 g/mol. The van der Waals surface area contributed by atoms with E-state index < -0.39 is 5.82 Å². The third-order valence-corrected chi connectivity index (χ3v) is 3.17. The summed E-state index contributed by atoms with van der Waals surface area (Å²) in [7, 11) is 0. The van der Waals surface area contributed by atoms with Gasteiger partial charge in [-0.3, -0.25) is 4.79 Å². The molecule has 4 rings (SSSR count). The smallest absolute Gasteiger partial charge is 0.235 e. The number of fused-ring (bicyclic) bond motifs is 4. The average molecular weight is 254 g/mol. The number of benzene rings is 2. The molecule has 0 atom stereocenters. The highest BCUT2D eigenvalue weighted by molar-refractivity contribution is 6.04. The molecule has 0 saturated carbocycles. The van der Waals surface area contributed by atoms with Gasteiger partial charge in [-0.15, -0.1) is 0 Å².